The van der Waals surface area contributed by atoms with E-state index in [2.05, 4.69) is 92.2 Å². The minimum absolute atomic E-state index is 0.0144. The van der Waals surface area contributed by atoms with Crippen LogP contribution in [0.2, 0.25) is 34.8 Å². The van der Waals surface area contributed by atoms with Gasteiger partial charge in [0.1, 0.15) is 37.1 Å². The molecule has 1 N–H and O–H groups in total. The Balaban J connectivity index is 1.74. The highest BCUT2D eigenvalue weighted by Crippen LogP contribution is 2.45. The summed E-state index contributed by atoms with van der Waals surface area (Å²) in [5.41, 5.74) is 6.66. The van der Waals surface area contributed by atoms with E-state index in [0.717, 1.165) is 11.8 Å². The molecule has 0 radical (unpaired) electrons. The minimum atomic E-state index is -2.22. The second kappa shape index (κ2) is 16.1. The first-order valence-electron chi connectivity index (χ1n) is 18.7. The maximum Gasteiger partial charge on any atom is 0.344 e. The molecule has 1 saturated carbocycles. The van der Waals surface area contributed by atoms with Crippen LogP contribution in [0.5, 0.6) is 11.6 Å². The normalized spacial score (nSPS) is 16.9. The Bertz CT molecular complexity index is 2050. The quantitative estimate of drug-likeness (QED) is 0.0465. The van der Waals surface area contributed by atoms with E-state index in [1.807, 2.05) is 18.2 Å². The second-order valence-electron chi connectivity index (χ2n) is 16.8. The lowest BCUT2D eigenvalue weighted by molar-refractivity contribution is 0.0512. The summed E-state index contributed by atoms with van der Waals surface area (Å²) in [5, 5.41) is 5.68. The Kier molecular flexibility index (Phi) is 12.5. The Morgan fingerprint density at radius 3 is 2.22 bits per heavy atom. The fourth-order valence-electron chi connectivity index (χ4n) is 7.35. The number of aromatic nitrogens is 3. The van der Waals surface area contributed by atoms with Crippen LogP contribution in [-0.4, -0.2) is 75.3 Å². The van der Waals surface area contributed by atoms with Crippen molar-refractivity contribution in [2.75, 3.05) is 32.6 Å². The van der Waals surface area contributed by atoms with Gasteiger partial charge in [-0.1, -0.05) is 74.3 Å². The number of hydrogen-bond acceptors (Lipinski definition) is 9. The molecule has 2 aromatic heterocycles. The van der Waals surface area contributed by atoms with Crippen molar-refractivity contribution in [3.05, 3.63) is 41.7 Å². The first kappa shape index (κ1) is 41.9. The number of nitrogens with one attached hydrogen (secondary N) is 1. The molecule has 9 nitrogen and oxygen atoms in total. The van der Waals surface area contributed by atoms with Gasteiger partial charge in [0.05, 0.1) is 36.0 Å². The predicted octanol–water partition coefficient (Wildman–Crippen LogP) is 9.86. The fraction of sp³-hybridized carbons (Fsp3) is 0.537. The van der Waals surface area contributed by atoms with E-state index in [0.29, 0.717) is 61.3 Å². The van der Waals surface area contributed by atoms with Crippen molar-refractivity contribution in [1.29, 1.82) is 0 Å². The van der Waals surface area contributed by atoms with Crippen LogP contribution in [0, 0.1) is 17.3 Å². The van der Waals surface area contributed by atoms with E-state index in [1.54, 1.807) is 26.5 Å². The largest absolute Gasteiger partial charge is 0.609 e. The van der Waals surface area contributed by atoms with Gasteiger partial charge in [-0.2, -0.15) is 9.97 Å². The fourth-order valence-corrected chi connectivity index (χ4v) is 14.4. The first-order chi connectivity index (χ1) is 25.2. The van der Waals surface area contributed by atoms with Gasteiger partial charge in [0.15, 0.2) is 15.1 Å². The number of halogens is 1. The molecule has 0 saturated heterocycles. The maximum absolute atomic E-state index is 16.2. The number of pyridine rings is 1. The lowest BCUT2D eigenvalue weighted by Gasteiger charge is -2.38. The summed E-state index contributed by atoms with van der Waals surface area (Å²) in [6.45, 7) is 24.6. The number of anilines is 1. The molecule has 1 aliphatic carbocycles. The third-order valence-electron chi connectivity index (χ3n) is 11.3. The van der Waals surface area contributed by atoms with Gasteiger partial charge in [0.2, 0.25) is 5.88 Å². The Morgan fingerprint density at radius 2 is 1.65 bits per heavy atom. The molecule has 5 rings (SSSR count). The Hall–Kier alpha value is -3.26. The highest BCUT2D eigenvalue weighted by atomic mass is 32.2. The van der Waals surface area contributed by atoms with Crippen molar-refractivity contribution < 1.29 is 27.6 Å². The average molecular weight is 793 g/mol. The molecule has 54 heavy (non-hydrogen) atoms. The summed E-state index contributed by atoms with van der Waals surface area (Å²) < 4.78 is 52.9. The molecule has 2 heterocycles. The lowest BCUT2D eigenvalue weighted by Crippen LogP contribution is -2.43. The highest BCUT2D eigenvalue weighted by molar-refractivity contribution is 7.90. The van der Waals surface area contributed by atoms with Crippen molar-refractivity contribution in [1.82, 2.24) is 15.0 Å². The second-order valence-corrected chi connectivity index (χ2v) is 28.4. The van der Waals surface area contributed by atoms with Gasteiger partial charge in [-0.15, -0.1) is 5.54 Å². The molecule has 0 unspecified atom stereocenters. The van der Waals surface area contributed by atoms with Crippen LogP contribution in [0.25, 0.3) is 32.9 Å². The zero-order valence-corrected chi connectivity index (χ0v) is 37.2. The van der Waals surface area contributed by atoms with Crippen molar-refractivity contribution >= 4 is 55.1 Å². The third-order valence-corrected chi connectivity index (χ3v) is 22.8. The van der Waals surface area contributed by atoms with E-state index >= 15 is 4.39 Å². The number of benzene rings is 2. The molecule has 0 bridgehead atoms. The SMILES string of the molecule is COCOc1cc(-c2cc3nc([S@@+](C)[O-])nc(N[C@@H]4C[C@H]4O[Si](C)(C)C(C)(C)C)c3c(OC)n2)c2c(C#C[Si](C(C)C)(C(C)C)C(C)C)c(F)ccc2c1. The van der Waals surface area contributed by atoms with E-state index < -0.39 is 33.4 Å². The number of hydrogen-bond donors (Lipinski definition) is 1. The van der Waals surface area contributed by atoms with Crippen LogP contribution in [0.15, 0.2) is 35.5 Å². The third kappa shape index (κ3) is 8.29. The van der Waals surface area contributed by atoms with Gasteiger partial charge in [-0.05, 0) is 70.8 Å². The van der Waals surface area contributed by atoms with Gasteiger partial charge in [-0.25, -0.2) is 9.37 Å². The number of ether oxygens (including phenoxy) is 3. The molecule has 3 atom stereocenters. The molecule has 0 amide bonds. The van der Waals surface area contributed by atoms with Crippen LogP contribution in [0.4, 0.5) is 10.2 Å². The number of nitrogens with zero attached hydrogens (tertiary/aromatic N) is 3. The summed E-state index contributed by atoms with van der Waals surface area (Å²) in [6.07, 6.45) is 2.40. The van der Waals surface area contributed by atoms with Crippen molar-refractivity contribution in [2.24, 2.45) is 0 Å². The molecular formula is C41H57FN4O5SSi2. The van der Waals surface area contributed by atoms with E-state index in [1.165, 1.54) is 6.07 Å². The van der Waals surface area contributed by atoms with Crippen LogP contribution in [0.1, 0.15) is 74.3 Å². The molecule has 4 aromatic rings. The number of rotatable bonds is 13. The van der Waals surface area contributed by atoms with Gasteiger partial charge in [-0.3, -0.25) is 0 Å². The van der Waals surface area contributed by atoms with Crippen molar-refractivity contribution in [3.63, 3.8) is 0 Å². The topological polar surface area (TPSA) is 111 Å². The van der Waals surface area contributed by atoms with Gasteiger partial charge in [0.25, 0.3) is 0 Å². The zero-order chi connectivity index (χ0) is 39.9. The van der Waals surface area contributed by atoms with Crippen LogP contribution >= 0.6 is 0 Å². The van der Waals surface area contributed by atoms with E-state index in [4.69, 9.17) is 33.6 Å². The van der Waals surface area contributed by atoms with Gasteiger partial charge >= 0.3 is 5.16 Å². The standard InChI is InChI=1S/C41H57FN4O5SSi2/c1-24(2)54(25(3)4,26(5)6)18-17-29-31(42)16-15-27-19-28(50-23-48-10)20-30(36(27)29)32-21-34-37(39(44-32)49-11)38(46-40(45-34)52(12)47)43-33-22-35(33)51-53(13,14)41(7,8)9/h15-16,19-21,24-26,33,35H,22-23H2,1-14H3,(H,43,45,46)/t33-,35-,52-/m1/s1. The van der Waals surface area contributed by atoms with Crippen molar-refractivity contribution in [2.45, 2.75) is 121 Å². The highest BCUT2D eigenvalue weighted by Gasteiger charge is 2.47. The molecule has 292 valence electrons. The van der Waals surface area contributed by atoms with Crippen LogP contribution < -0.4 is 14.8 Å². The van der Waals surface area contributed by atoms with Gasteiger partial charge < -0.3 is 28.5 Å². The van der Waals surface area contributed by atoms with Gasteiger partial charge in [0, 0.05) is 29.2 Å². The molecule has 1 fully saturated rings. The number of fused-ring (bicyclic) bond motifs is 2. The lowest BCUT2D eigenvalue weighted by atomic mass is 9.96. The monoisotopic (exact) mass is 792 g/mol. The summed E-state index contributed by atoms with van der Waals surface area (Å²) in [4.78, 5) is 14.5. The summed E-state index contributed by atoms with van der Waals surface area (Å²) in [6, 6.07) is 8.70. The zero-order valence-electron chi connectivity index (χ0n) is 34.4. The Morgan fingerprint density at radius 1 is 0.981 bits per heavy atom. The summed E-state index contributed by atoms with van der Waals surface area (Å²) in [5.74, 6) is 4.25. The minimum Gasteiger partial charge on any atom is -0.609 e. The summed E-state index contributed by atoms with van der Waals surface area (Å²) in [7, 11) is -1.12. The predicted molar refractivity (Wildman–Crippen MR) is 224 cm³/mol. The molecule has 0 spiro atoms. The van der Waals surface area contributed by atoms with Crippen molar-refractivity contribution in [3.8, 4) is 34.4 Å². The Labute approximate surface area is 325 Å². The molecule has 0 aliphatic heterocycles. The molecule has 13 heteroatoms. The van der Waals surface area contributed by atoms with E-state index in [9.17, 15) is 4.55 Å². The van der Waals surface area contributed by atoms with E-state index in [-0.39, 0.29) is 35.0 Å². The first-order valence-corrected chi connectivity index (χ1v) is 25.4. The number of methoxy groups -OCH3 is 2. The molecule has 2 aromatic carbocycles. The van der Waals surface area contributed by atoms with Crippen LogP contribution in [0.3, 0.4) is 0 Å². The molecular weight excluding hydrogens is 736 g/mol. The average Bonchev–Trinajstić information content (AvgIpc) is 3.81. The van der Waals surface area contributed by atoms with Crippen LogP contribution in [-0.2, 0) is 20.3 Å². The molecule has 1 aliphatic rings. The maximum atomic E-state index is 16.2. The smallest absolute Gasteiger partial charge is 0.344 e. The summed E-state index contributed by atoms with van der Waals surface area (Å²) >= 11 is -1.49.